The molecule has 10 heteroatoms. The zero-order chi connectivity index (χ0) is 77.6. The topological polar surface area (TPSA) is 146 Å². The van der Waals surface area contributed by atoms with Gasteiger partial charge < -0.3 is 29.2 Å². The minimum absolute atomic E-state index is 0.0168. The summed E-state index contributed by atoms with van der Waals surface area (Å²) in [5, 5.41) is 20.1. The van der Waals surface area contributed by atoms with Gasteiger partial charge in [-0.3, -0.25) is 19.2 Å². The third-order valence-corrected chi connectivity index (χ3v) is 40.8. The van der Waals surface area contributed by atoms with E-state index in [1.807, 2.05) is 6.08 Å². The number of rotatable bonds is 0. The van der Waals surface area contributed by atoms with Gasteiger partial charge in [0.05, 0.1) is 38.6 Å². The van der Waals surface area contributed by atoms with Crippen molar-refractivity contribution >= 4 is 23.1 Å². The predicted molar refractivity (Wildman–Crippen MR) is 438 cm³/mol. The molecular weight excluding hydrogens is 1370 g/mol. The van der Waals surface area contributed by atoms with Crippen molar-refractivity contribution in [2.24, 2.45) is 143 Å². The smallest absolute Gasteiger partial charge is 0.174 e. The van der Waals surface area contributed by atoms with Crippen molar-refractivity contribution in [1.82, 2.24) is 0 Å². The standard InChI is InChI=1S/C22H32O2.C21H32O3.C20H28O.C19H28O2.C19H26O2/c1-15-6-9-20(2)16(14-15)4-5-17-18(20)7-10-21(3)19(17)8-11-22(21)23-12-13-24-22;1-19-8-5-15(22)13-14(19)3-4-16-17(19)6-9-20(2)18(16)7-10-21(20)23-11-12-24-21;1-13-8-10-19(2)14(12-13)4-5-15-16-6-7-18(21)20(16,3)11-9-17(15)19;2*1-18-9-7-13(20)11-12(18)3-4-14-15-5-6-17(21)19(15,2)10-8-16(14)18/h4,14,17-19H,5-13H2,1-3H3;3,15-18,22H,4-13H2,1-2H3;4,12,15-17H,5-11H2,1-3H3;3,13-16,20H,4-11H2,1-2H3;11,14-16H,3-10H2,1-2H3/t;;;13-,14?,15?,16?,18?,19?;/m...0./s1. The van der Waals surface area contributed by atoms with E-state index < -0.39 is 0 Å². The molecule has 0 aromatic rings. The van der Waals surface area contributed by atoms with Gasteiger partial charge in [-0.1, -0.05) is 134 Å². The first-order valence-electron chi connectivity index (χ1n) is 46.7. The van der Waals surface area contributed by atoms with Crippen LogP contribution in [-0.2, 0) is 38.1 Å². The number of ketones is 4. The van der Waals surface area contributed by atoms with Crippen molar-refractivity contribution in [3.63, 3.8) is 0 Å². The van der Waals surface area contributed by atoms with Crippen LogP contribution in [0.2, 0.25) is 0 Å². The van der Waals surface area contributed by atoms with E-state index in [0.717, 1.165) is 208 Å². The maximum absolute atomic E-state index is 12.4. The number of aliphatic hydroxyl groups is 2. The number of hydrogen-bond donors (Lipinski definition) is 2. The minimum atomic E-state index is -0.281. The zero-order valence-corrected chi connectivity index (χ0v) is 71.2. The number of fused-ring (bicyclic) bond motifs is 27. The molecule has 610 valence electrons. The molecule has 15 fully saturated rings. The molecule has 26 unspecified atom stereocenters. The van der Waals surface area contributed by atoms with Crippen LogP contribution in [0.3, 0.4) is 0 Å². The highest BCUT2D eigenvalue weighted by Crippen LogP contribution is 2.73. The monoisotopic (exact) mass is 1520 g/mol. The van der Waals surface area contributed by atoms with Gasteiger partial charge in [0.1, 0.15) is 17.3 Å². The molecular formula is C101H146O10. The van der Waals surface area contributed by atoms with E-state index in [1.165, 1.54) is 127 Å². The Balaban J connectivity index is 0.0000000973. The Morgan fingerprint density at radius 1 is 0.297 bits per heavy atom. The summed E-state index contributed by atoms with van der Waals surface area (Å²) in [4.78, 5) is 48.9. The fourth-order valence-electron chi connectivity index (χ4n) is 33.9. The van der Waals surface area contributed by atoms with E-state index in [1.54, 1.807) is 27.9 Å². The molecule has 27 atom stereocenters. The van der Waals surface area contributed by atoms with E-state index in [2.05, 4.69) is 120 Å². The van der Waals surface area contributed by atoms with Crippen molar-refractivity contribution in [2.45, 2.75) is 351 Å². The van der Waals surface area contributed by atoms with E-state index in [9.17, 15) is 29.4 Å². The number of aliphatic hydroxyl groups excluding tert-OH is 2. The quantitative estimate of drug-likeness (QED) is 0.225. The molecule has 2 saturated heterocycles. The van der Waals surface area contributed by atoms with Crippen molar-refractivity contribution in [3.05, 3.63) is 81.5 Å². The third kappa shape index (κ3) is 11.9. The Hall–Kier alpha value is -3.38. The first-order chi connectivity index (χ1) is 52.8. The molecule has 0 aromatic heterocycles. The van der Waals surface area contributed by atoms with Crippen molar-refractivity contribution in [1.29, 1.82) is 0 Å². The Bertz CT molecular complexity index is 3940. The second kappa shape index (κ2) is 28.1. The largest absolute Gasteiger partial charge is 0.393 e. The summed E-state index contributed by atoms with van der Waals surface area (Å²) in [6.07, 6.45) is 59.7. The lowest BCUT2D eigenvalue weighted by Crippen LogP contribution is -2.55. The van der Waals surface area contributed by atoms with Gasteiger partial charge in [-0.2, -0.15) is 0 Å². The molecule has 0 amide bonds. The van der Waals surface area contributed by atoms with Crippen molar-refractivity contribution in [2.75, 3.05) is 26.4 Å². The van der Waals surface area contributed by atoms with E-state index in [0.29, 0.717) is 80.3 Å². The highest BCUT2D eigenvalue weighted by molar-refractivity contribution is 5.92. The summed E-state index contributed by atoms with van der Waals surface area (Å²) >= 11 is 0. The molecule has 2 spiro atoms. The van der Waals surface area contributed by atoms with Crippen LogP contribution in [0.5, 0.6) is 0 Å². The van der Waals surface area contributed by atoms with Crippen LogP contribution in [0.4, 0.5) is 0 Å². The van der Waals surface area contributed by atoms with Gasteiger partial charge in [0.2, 0.25) is 0 Å². The highest BCUT2D eigenvalue weighted by atomic mass is 16.7. The molecule has 0 radical (unpaired) electrons. The molecule has 10 nitrogen and oxygen atoms in total. The van der Waals surface area contributed by atoms with Crippen LogP contribution in [-0.4, -0.2) is 83.6 Å². The molecule has 0 bridgehead atoms. The minimum Gasteiger partial charge on any atom is -0.393 e. The number of carbonyl (C=O) groups is 4. The van der Waals surface area contributed by atoms with Crippen LogP contribution >= 0.6 is 0 Å². The average molecular weight is 1520 g/mol. The molecule has 0 aromatic carbocycles. The van der Waals surface area contributed by atoms with Gasteiger partial charge in [0.15, 0.2) is 17.4 Å². The lowest BCUT2D eigenvalue weighted by Gasteiger charge is -2.58. The predicted octanol–water partition coefficient (Wildman–Crippen LogP) is 22.3. The summed E-state index contributed by atoms with van der Waals surface area (Å²) < 4.78 is 25.0. The summed E-state index contributed by atoms with van der Waals surface area (Å²) in [7, 11) is 0. The van der Waals surface area contributed by atoms with Gasteiger partial charge in [0.25, 0.3) is 0 Å². The number of carbonyl (C=O) groups excluding carboxylic acids is 4. The Labute approximate surface area is 669 Å². The SMILES string of the molecule is CC12CCC(O)CC1=CCC1C2CCC2(C)C1CCC21OCCO1.CC12CCC3C(CC=C4C[C@@H](O)CCC43C)C1CCC2=O.CC12CCC3C(CCC4=CC(=O)CCC43C)C1CCC2=O.CC1=CC2=CCC3C(CCC4(C)C3CCC43OCCO3)C2(C)CC1.CC1=CC2=CCC3C4CCC(=O)C4(C)CCC3C2(C)CC1. The average Bonchev–Trinajstić information content (AvgIpc) is 1.98. The van der Waals surface area contributed by atoms with Gasteiger partial charge >= 0.3 is 0 Å². The van der Waals surface area contributed by atoms with Crippen LogP contribution in [0.15, 0.2) is 81.5 Å². The third-order valence-electron chi connectivity index (χ3n) is 40.8. The summed E-state index contributed by atoms with van der Waals surface area (Å²) in [5.74, 6) is 12.5. The van der Waals surface area contributed by atoms with Gasteiger partial charge in [-0.05, 0) is 352 Å². The lowest BCUT2D eigenvalue weighted by atomic mass is 9.47. The van der Waals surface area contributed by atoms with Crippen LogP contribution in [0.25, 0.3) is 0 Å². The molecule has 20 aliphatic carbocycles. The fraction of sp³-hybridized carbons (Fsp3) is 0.822. The number of ether oxygens (including phenoxy) is 4. The second-order valence-electron chi connectivity index (χ2n) is 44.8. The maximum atomic E-state index is 12.4. The number of allylic oxidation sites excluding steroid dienone is 11. The second-order valence-corrected chi connectivity index (χ2v) is 44.8. The maximum Gasteiger partial charge on any atom is 0.174 e. The molecule has 111 heavy (non-hydrogen) atoms. The highest BCUT2D eigenvalue weighted by Gasteiger charge is 2.70. The van der Waals surface area contributed by atoms with Gasteiger partial charge in [-0.25, -0.2) is 0 Å². The summed E-state index contributed by atoms with van der Waals surface area (Å²) in [6, 6.07) is 0. The molecule has 22 aliphatic rings. The summed E-state index contributed by atoms with van der Waals surface area (Å²) in [6.45, 7) is 31.8. The Kier molecular flexibility index (Phi) is 20.0. The van der Waals surface area contributed by atoms with Crippen LogP contribution < -0.4 is 0 Å². The molecule has 2 aliphatic heterocycles. The van der Waals surface area contributed by atoms with Crippen LogP contribution in [0.1, 0.15) is 327 Å². The fourth-order valence-corrected chi connectivity index (χ4v) is 33.9. The van der Waals surface area contributed by atoms with E-state index >= 15 is 0 Å². The van der Waals surface area contributed by atoms with E-state index in [-0.39, 0.29) is 56.3 Å². The molecule has 13 saturated carbocycles. The molecule has 2 heterocycles. The first-order valence-corrected chi connectivity index (χ1v) is 46.7. The van der Waals surface area contributed by atoms with Gasteiger partial charge in [-0.15, -0.1) is 0 Å². The van der Waals surface area contributed by atoms with Gasteiger partial charge in [0, 0.05) is 65.6 Å². The van der Waals surface area contributed by atoms with Crippen LogP contribution in [0, 0.1) is 143 Å². The Morgan fingerprint density at radius 3 is 1.05 bits per heavy atom. The summed E-state index contributed by atoms with van der Waals surface area (Å²) in [5.41, 5.74) is 13.0. The van der Waals surface area contributed by atoms with Crippen molar-refractivity contribution in [3.8, 4) is 0 Å². The Morgan fingerprint density at radius 2 is 0.622 bits per heavy atom. The van der Waals surface area contributed by atoms with E-state index in [4.69, 9.17) is 18.9 Å². The van der Waals surface area contributed by atoms with Crippen molar-refractivity contribution < 1.29 is 48.3 Å². The number of hydrogen-bond acceptors (Lipinski definition) is 10. The number of Topliss-reactive ketones (excluding diaryl/α,β-unsaturated/α-hetero) is 3. The first kappa shape index (κ1) is 78.8. The molecule has 22 rings (SSSR count). The molecule has 2 N–H and O–H groups in total. The normalized spacial score (nSPS) is 50.5. The zero-order valence-electron chi connectivity index (χ0n) is 71.2. The lowest BCUT2D eigenvalue weighted by molar-refractivity contribution is -0.242.